The maximum atomic E-state index is 6.04. The fraction of sp³-hybridized carbons (Fsp3) is 0.538. The Morgan fingerprint density at radius 2 is 2.19 bits per heavy atom. The summed E-state index contributed by atoms with van der Waals surface area (Å²) in [5.41, 5.74) is 7.96. The van der Waals surface area contributed by atoms with E-state index in [1.54, 1.807) is 0 Å². The molecule has 2 nitrogen and oxygen atoms in total. The molecule has 1 aliphatic heterocycles. The van der Waals surface area contributed by atoms with Crippen molar-refractivity contribution in [2.45, 2.75) is 32.7 Å². The van der Waals surface area contributed by atoms with Gasteiger partial charge in [-0.1, -0.05) is 25.4 Å². The summed E-state index contributed by atoms with van der Waals surface area (Å²) in [6.45, 7) is 5.63. The second-order valence-corrected chi connectivity index (χ2v) is 5.29. The molecule has 0 aliphatic carbocycles. The smallest absolute Gasteiger partial charge is 0.0617 e. The van der Waals surface area contributed by atoms with Gasteiger partial charge in [0.15, 0.2) is 0 Å². The van der Waals surface area contributed by atoms with Crippen molar-refractivity contribution in [2.24, 2.45) is 5.92 Å². The van der Waals surface area contributed by atoms with Crippen LogP contribution in [0.5, 0.6) is 0 Å². The minimum atomic E-state index is 0.598. The van der Waals surface area contributed by atoms with E-state index in [1.807, 2.05) is 18.2 Å². The third-order valence-corrected chi connectivity index (χ3v) is 3.61. The molecule has 0 radical (unpaired) electrons. The molecule has 88 valence electrons. The molecule has 1 aliphatic rings. The summed E-state index contributed by atoms with van der Waals surface area (Å²) in [4.78, 5) is 2.41. The van der Waals surface area contributed by atoms with Crippen LogP contribution in [0.4, 0.5) is 11.4 Å². The number of anilines is 2. The molecule has 0 bridgehead atoms. The number of benzene rings is 1. The fourth-order valence-corrected chi connectivity index (χ4v) is 2.72. The molecule has 0 amide bonds. The summed E-state index contributed by atoms with van der Waals surface area (Å²) in [6, 6.07) is 6.33. The number of rotatable bonds is 2. The average molecular weight is 239 g/mol. The van der Waals surface area contributed by atoms with E-state index in [0.29, 0.717) is 12.0 Å². The van der Waals surface area contributed by atoms with Gasteiger partial charge in [0, 0.05) is 17.6 Å². The van der Waals surface area contributed by atoms with Crippen molar-refractivity contribution < 1.29 is 0 Å². The van der Waals surface area contributed by atoms with Crippen molar-refractivity contribution >= 4 is 23.0 Å². The van der Waals surface area contributed by atoms with Gasteiger partial charge in [0.25, 0.3) is 0 Å². The Labute approximate surface area is 102 Å². The number of hydrogen-bond donors (Lipinski definition) is 1. The summed E-state index contributed by atoms with van der Waals surface area (Å²) in [5, 5.41) is 0.763. The van der Waals surface area contributed by atoms with Gasteiger partial charge in [-0.25, -0.2) is 0 Å². The van der Waals surface area contributed by atoms with E-state index in [4.69, 9.17) is 17.3 Å². The maximum absolute atomic E-state index is 6.04. The molecule has 1 fully saturated rings. The molecular formula is C13H19ClN2. The van der Waals surface area contributed by atoms with Gasteiger partial charge in [0.2, 0.25) is 0 Å². The molecule has 2 N–H and O–H groups in total. The molecule has 0 aromatic heterocycles. The number of hydrogen-bond acceptors (Lipinski definition) is 2. The van der Waals surface area contributed by atoms with Crippen molar-refractivity contribution in [1.29, 1.82) is 0 Å². The Kier molecular flexibility index (Phi) is 3.29. The Morgan fingerprint density at radius 3 is 2.88 bits per heavy atom. The van der Waals surface area contributed by atoms with E-state index in [-0.39, 0.29) is 0 Å². The highest BCUT2D eigenvalue weighted by Gasteiger charge is 2.28. The molecule has 0 spiro atoms. The largest absolute Gasteiger partial charge is 0.397 e. The lowest BCUT2D eigenvalue weighted by molar-refractivity contribution is 0.492. The molecule has 1 aromatic rings. The van der Waals surface area contributed by atoms with Crippen molar-refractivity contribution in [3.63, 3.8) is 0 Å². The zero-order chi connectivity index (χ0) is 11.7. The lowest BCUT2D eigenvalue weighted by Gasteiger charge is -2.30. The third kappa shape index (κ3) is 2.12. The second-order valence-electron chi connectivity index (χ2n) is 4.85. The predicted molar refractivity (Wildman–Crippen MR) is 71.1 cm³/mol. The van der Waals surface area contributed by atoms with Gasteiger partial charge in [0.1, 0.15) is 0 Å². The Bertz CT molecular complexity index is 376. The Balaban J connectivity index is 2.32. The molecular weight excluding hydrogens is 220 g/mol. The van der Waals surface area contributed by atoms with Crippen LogP contribution in [-0.4, -0.2) is 12.6 Å². The maximum Gasteiger partial charge on any atom is 0.0617 e. The zero-order valence-electron chi connectivity index (χ0n) is 9.91. The molecule has 16 heavy (non-hydrogen) atoms. The van der Waals surface area contributed by atoms with E-state index in [0.717, 1.165) is 22.9 Å². The van der Waals surface area contributed by atoms with Crippen LogP contribution in [0.3, 0.4) is 0 Å². The van der Waals surface area contributed by atoms with Crippen molar-refractivity contribution in [1.82, 2.24) is 0 Å². The van der Waals surface area contributed by atoms with Gasteiger partial charge in [-0.2, -0.15) is 0 Å². The Hall–Kier alpha value is -0.890. The molecule has 1 unspecified atom stereocenters. The summed E-state index contributed by atoms with van der Waals surface area (Å²) in [7, 11) is 0. The highest BCUT2D eigenvalue weighted by atomic mass is 35.5. The average Bonchev–Trinajstić information content (AvgIpc) is 2.70. The zero-order valence-corrected chi connectivity index (χ0v) is 10.7. The third-order valence-electron chi connectivity index (χ3n) is 3.37. The first-order chi connectivity index (χ1) is 7.59. The van der Waals surface area contributed by atoms with E-state index in [9.17, 15) is 0 Å². The quantitative estimate of drug-likeness (QED) is 0.799. The SMILES string of the molecule is CC(C)C1CCCN1c1cc(Cl)ccc1N. The lowest BCUT2D eigenvalue weighted by Crippen LogP contribution is -2.33. The van der Waals surface area contributed by atoms with Crippen molar-refractivity contribution in [2.75, 3.05) is 17.2 Å². The van der Waals surface area contributed by atoms with Crippen molar-refractivity contribution in [3.05, 3.63) is 23.2 Å². The molecule has 2 rings (SSSR count). The minimum Gasteiger partial charge on any atom is -0.397 e. The monoisotopic (exact) mass is 238 g/mol. The number of nitrogen functional groups attached to an aromatic ring is 1. The summed E-state index contributed by atoms with van der Waals surface area (Å²) >= 11 is 6.04. The molecule has 1 heterocycles. The number of halogens is 1. The summed E-state index contributed by atoms with van der Waals surface area (Å²) in [6.07, 6.45) is 2.50. The van der Waals surface area contributed by atoms with Crippen LogP contribution in [0, 0.1) is 5.92 Å². The molecule has 0 saturated carbocycles. The predicted octanol–water partition coefficient (Wildman–Crippen LogP) is 3.55. The van der Waals surface area contributed by atoms with Gasteiger partial charge in [-0.15, -0.1) is 0 Å². The molecule has 1 aromatic carbocycles. The van der Waals surface area contributed by atoms with Crippen LogP contribution < -0.4 is 10.6 Å². The summed E-state index contributed by atoms with van der Waals surface area (Å²) < 4.78 is 0. The first-order valence-electron chi connectivity index (χ1n) is 5.91. The molecule has 1 atom stereocenters. The van der Waals surface area contributed by atoms with E-state index in [1.165, 1.54) is 12.8 Å². The van der Waals surface area contributed by atoms with E-state index in [2.05, 4.69) is 18.7 Å². The van der Waals surface area contributed by atoms with Gasteiger partial charge in [0.05, 0.1) is 11.4 Å². The number of nitrogens with two attached hydrogens (primary N) is 1. The van der Waals surface area contributed by atoms with Crippen LogP contribution in [0.2, 0.25) is 5.02 Å². The van der Waals surface area contributed by atoms with Gasteiger partial charge >= 0.3 is 0 Å². The normalized spacial score (nSPS) is 20.8. The van der Waals surface area contributed by atoms with Gasteiger partial charge in [-0.05, 0) is 37.0 Å². The summed E-state index contributed by atoms with van der Waals surface area (Å²) in [5.74, 6) is 0.654. The first kappa shape index (κ1) is 11.6. The number of nitrogens with zero attached hydrogens (tertiary/aromatic N) is 1. The standard InChI is InChI=1S/C13H19ClN2/c1-9(2)12-4-3-7-16(12)13-8-10(14)5-6-11(13)15/h5-6,8-9,12H,3-4,7,15H2,1-2H3. The van der Waals surface area contributed by atoms with Crippen LogP contribution in [-0.2, 0) is 0 Å². The van der Waals surface area contributed by atoms with E-state index >= 15 is 0 Å². The lowest BCUT2D eigenvalue weighted by atomic mass is 10.0. The minimum absolute atomic E-state index is 0.598. The molecule has 3 heteroatoms. The van der Waals surface area contributed by atoms with Crippen LogP contribution >= 0.6 is 11.6 Å². The fourth-order valence-electron chi connectivity index (χ4n) is 2.55. The van der Waals surface area contributed by atoms with Crippen LogP contribution in [0.1, 0.15) is 26.7 Å². The highest BCUT2D eigenvalue weighted by Crippen LogP contribution is 2.34. The second kappa shape index (κ2) is 4.54. The molecule has 1 saturated heterocycles. The van der Waals surface area contributed by atoms with Gasteiger partial charge < -0.3 is 10.6 Å². The van der Waals surface area contributed by atoms with Crippen LogP contribution in [0.15, 0.2) is 18.2 Å². The topological polar surface area (TPSA) is 29.3 Å². The van der Waals surface area contributed by atoms with Crippen molar-refractivity contribution in [3.8, 4) is 0 Å². The highest BCUT2D eigenvalue weighted by molar-refractivity contribution is 6.31. The first-order valence-corrected chi connectivity index (χ1v) is 6.29. The van der Waals surface area contributed by atoms with E-state index < -0.39 is 0 Å². The van der Waals surface area contributed by atoms with Gasteiger partial charge in [-0.3, -0.25) is 0 Å². The van der Waals surface area contributed by atoms with Crippen LogP contribution in [0.25, 0.3) is 0 Å². The Morgan fingerprint density at radius 1 is 1.44 bits per heavy atom.